The summed E-state index contributed by atoms with van der Waals surface area (Å²) in [5.74, 6) is 0.396. The highest BCUT2D eigenvalue weighted by Crippen LogP contribution is 2.27. The fraction of sp³-hybridized carbons (Fsp3) is 0.462. The van der Waals surface area contributed by atoms with Gasteiger partial charge < -0.3 is 15.8 Å². The van der Waals surface area contributed by atoms with E-state index in [9.17, 15) is 4.79 Å². The number of benzene rings is 1. The molecule has 1 amide bonds. The van der Waals surface area contributed by atoms with Crippen molar-refractivity contribution in [1.29, 1.82) is 0 Å². The first kappa shape index (κ1) is 14.8. The SMILES string of the molecule is CCC(N)(CC)C(=O)Nc1cc(OC)ccc1Cl. The van der Waals surface area contributed by atoms with Crippen LogP contribution in [0.2, 0.25) is 5.02 Å². The third-order valence-electron chi connectivity index (χ3n) is 3.14. The molecule has 1 rings (SSSR count). The number of anilines is 1. The predicted molar refractivity (Wildman–Crippen MR) is 74.1 cm³/mol. The molecule has 0 aliphatic carbocycles. The lowest BCUT2D eigenvalue weighted by Gasteiger charge is -2.25. The Bertz CT molecular complexity index is 431. The lowest BCUT2D eigenvalue weighted by Crippen LogP contribution is -2.50. The van der Waals surface area contributed by atoms with E-state index in [1.807, 2.05) is 13.8 Å². The van der Waals surface area contributed by atoms with Crippen molar-refractivity contribution in [2.45, 2.75) is 32.2 Å². The van der Waals surface area contributed by atoms with E-state index >= 15 is 0 Å². The molecule has 1 aromatic carbocycles. The van der Waals surface area contributed by atoms with Crippen molar-refractivity contribution in [3.05, 3.63) is 23.2 Å². The summed E-state index contributed by atoms with van der Waals surface area (Å²) < 4.78 is 5.09. The van der Waals surface area contributed by atoms with Crippen LogP contribution in [0, 0.1) is 0 Å². The number of hydrogen-bond donors (Lipinski definition) is 2. The van der Waals surface area contributed by atoms with Crippen LogP contribution in [0.25, 0.3) is 0 Å². The fourth-order valence-corrected chi connectivity index (χ4v) is 1.71. The minimum Gasteiger partial charge on any atom is -0.497 e. The second-order valence-corrected chi connectivity index (χ2v) is 4.57. The van der Waals surface area contributed by atoms with E-state index in [1.54, 1.807) is 25.3 Å². The normalized spacial score (nSPS) is 11.2. The number of nitrogens with one attached hydrogen (secondary N) is 1. The maximum Gasteiger partial charge on any atom is 0.244 e. The highest BCUT2D eigenvalue weighted by Gasteiger charge is 2.30. The summed E-state index contributed by atoms with van der Waals surface area (Å²) in [6.07, 6.45) is 1.13. The monoisotopic (exact) mass is 270 g/mol. The Hall–Kier alpha value is -1.26. The van der Waals surface area contributed by atoms with Crippen LogP contribution in [-0.4, -0.2) is 18.6 Å². The number of halogens is 1. The molecule has 0 aliphatic heterocycles. The first-order valence-electron chi connectivity index (χ1n) is 5.90. The van der Waals surface area contributed by atoms with Gasteiger partial charge in [-0.15, -0.1) is 0 Å². The molecular weight excluding hydrogens is 252 g/mol. The van der Waals surface area contributed by atoms with E-state index in [0.29, 0.717) is 29.3 Å². The minimum absolute atomic E-state index is 0.234. The topological polar surface area (TPSA) is 64.4 Å². The van der Waals surface area contributed by atoms with Crippen molar-refractivity contribution in [3.8, 4) is 5.75 Å². The Morgan fingerprint density at radius 1 is 1.44 bits per heavy atom. The van der Waals surface area contributed by atoms with Crippen LogP contribution in [0.15, 0.2) is 18.2 Å². The van der Waals surface area contributed by atoms with Gasteiger partial charge in [-0.1, -0.05) is 25.4 Å². The smallest absolute Gasteiger partial charge is 0.244 e. The molecule has 0 saturated heterocycles. The van der Waals surface area contributed by atoms with Gasteiger partial charge in [-0.25, -0.2) is 0 Å². The van der Waals surface area contributed by atoms with Gasteiger partial charge in [0.1, 0.15) is 5.75 Å². The molecule has 0 bridgehead atoms. The van der Waals surface area contributed by atoms with Crippen LogP contribution in [0.3, 0.4) is 0 Å². The Kier molecular flexibility index (Phi) is 4.99. The summed E-state index contributed by atoms with van der Waals surface area (Å²) in [4.78, 5) is 12.1. The zero-order chi connectivity index (χ0) is 13.8. The van der Waals surface area contributed by atoms with Gasteiger partial charge in [0.25, 0.3) is 0 Å². The third-order valence-corrected chi connectivity index (χ3v) is 3.47. The molecular formula is C13H19ClN2O2. The summed E-state index contributed by atoms with van der Waals surface area (Å²) in [7, 11) is 1.56. The molecule has 0 heterocycles. The number of carbonyl (C=O) groups excluding carboxylic acids is 1. The van der Waals surface area contributed by atoms with Gasteiger partial charge in [0.2, 0.25) is 5.91 Å². The fourth-order valence-electron chi connectivity index (χ4n) is 1.55. The Labute approximate surface area is 112 Å². The highest BCUT2D eigenvalue weighted by atomic mass is 35.5. The molecule has 0 saturated carbocycles. The molecule has 0 fully saturated rings. The van der Waals surface area contributed by atoms with Gasteiger partial charge in [-0.05, 0) is 25.0 Å². The molecule has 0 unspecified atom stereocenters. The maximum absolute atomic E-state index is 12.1. The van der Waals surface area contributed by atoms with Gasteiger partial charge in [0.05, 0.1) is 23.4 Å². The Morgan fingerprint density at radius 2 is 2.06 bits per heavy atom. The first-order chi connectivity index (χ1) is 8.46. The molecule has 5 heteroatoms. The van der Waals surface area contributed by atoms with E-state index in [2.05, 4.69) is 5.32 Å². The number of hydrogen-bond acceptors (Lipinski definition) is 3. The molecule has 4 nitrogen and oxygen atoms in total. The maximum atomic E-state index is 12.1. The summed E-state index contributed by atoms with van der Waals surface area (Å²) in [5.41, 5.74) is 5.67. The van der Waals surface area contributed by atoms with Gasteiger partial charge in [0.15, 0.2) is 0 Å². The lowest BCUT2D eigenvalue weighted by atomic mass is 9.93. The van der Waals surface area contributed by atoms with E-state index in [0.717, 1.165) is 0 Å². The largest absolute Gasteiger partial charge is 0.497 e. The molecule has 100 valence electrons. The van der Waals surface area contributed by atoms with Gasteiger partial charge in [-0.3, -0.25) is 4.79 Å². The van der Waals surface area contributed by atoms with Crippen LogP contribution in [0.4, 0.5) is 5.69 Å². The second-order valence-electron chi connectivity index (χ2n) is 4.16. The van der Waals surface area contributed by atoms with Crippen LogP contribution in [0.5, 0.6) is 5.75 Å². The van der Waals surface area contributed by atoms with Crippen LogP contribution in [-0.2, 0) is 4.79 Å². The molecule has 3 N–H and O–H groups in total. The Balaban J connectivity index is 2.94. The molecule has 0 aliphatic rings. The summed E-state index contributed by atoms with van der Waals surface area (Å²) in [6.45, 7) is 3.77. The second kappa shape index (κ2) is 6.07. The third kappa shape index (κ3) is 3.15. The van der Waals surface area contributed by atoms with Crippen molar-refractivity contribution in [2.24, 2.45) is 5.73 Å². The number of amides is 1. The van der Waals surface area contributed by atoms with Crippen LogP contribution in [0.1, 0.15) is 26.7 Å². The Morgan fingerprint density at radius 3 is 2.56 bits per heavy atom. The molecule has 0 spiro atoms. The van der Waals surface area contributed by atoms with Crippen molar-refractivity contribution < 1.29 is 9.53 Å². The van der Waals surface area contributed by atoms with Crippen LogP contribution >= 0.6 is 11.6 Å². The van der Waals surface area contributed by atoms with Crippen molar-refractivity contribution >= 4 is 23.2 Å². The van der Waals surface area contributed by atoms with Crippen molar-refractivity contribution in [3.63, 3.8) is 0 Å². The predicted octanol–water partition coefficient (Wildman–Crippen LogP) is 2.80. The summed E-state index contributed by atoms with van der Waals surface area (Å²) >= 11 is 6.02. The average Bonchev–Trinajstić information content (AvgIpc) is 2.40. The summed E-state index contributed by atoms with van der Waals surface area (Å²) in [5, 5.41) is 3.21. The van der Waals surface area contributed by atoms with Crippen molar-refractivity contribution in [1.82, 2.24) is 0 Å². The van der Waals surface area contributed by atoms with Gasteiger partial charge in [0, 0.05) is 6.07 Å². The molecule has 0 aromatic heterocycles. The number of methoxy groups -OCH3 is 1. The standard InChI is InChI=1S/C13H19ClN2O2/c1-4-13(15,5-2)12(17)16-11-8-9(18-3)6-7-10(11)14/h6-8H,4-5,15H2,1-3H3,(H,16,17). The molecule has 18 heavy (non-hydrogen) atoms. The van der Waals surface area contributed by atoms with Gasteiger partial charge >= 0.3 is 0 Å². The summed E-state index contributed by atoms with van der Waals surface area (Å²) in [6, 6.07) is 5.07. The molecule has 0 radical (unpaired) electrons. The zero-order valence-electron chi connectivity index (χ0n) is 10.9. The zero-order valence-corrected chi connectivity index (χ0v) is 11.7. The minimum atomic E-state index is -0.869. The molecule has 0 atom stereocenters. The van der Waals surface area contributed by atoms with E-state index in [4.69, 9.17) is 22.1 Å². The number of carbonyl (C=O) groups is 1. The lowest BCUT2D eigenvalue weighted by molar-refractivity contribution is -0.121. The molecule has 1 aromatic rings. The first-order valence-corrected chi connectivity index (χ1v) is 6.28. The van der Waals surface area contributed by atoms with Crippen molar-refractivity contribution in [2.75, 3.05) is 12.4 Å². The van der Waals surface area contributed by atoms with Crippen LogP contribution < -0.4 is 15.8 Å². The number of rotatable bonds is 5. The number of ether oxygens (including phenoxy) is 1. The van der Waals surface area contributed by atoms with E-state index in [-0.39, 0.29) is 5.91 Å². The highest BCUT2D eigenvalue weighted by molar-refractivity contribution is 6.33. The van der Waals surface area contributed by atoms with Gasteiger partial charge in [-0.2, -0.15) is 0 Å². The van der Waals surface area contributed by atoms with E-state index in [1.165, 1.54) is 0 Å². The average molecular weight is 271 g/mol. The number of nitrogens with two attached hydrogens (primary N) is 1. The van der Waals surface area contributed by atoms with E-state index < -0.39 is 5.54 Å². The quantitative estimate of drug-likeness (QED) is 0.865.